The summed E-state index contributed by atoms with van der Waals surface area (Å²) >= 11 is 0. The molecule has 0 bridgehead atoms. The van der Waals surface area contributed by atoms with E-state index < -0.39 is 31.8 Å². The minimum Gasteiger partial charge on any atom is -0.467 e. The standard InChI is InChI=1S/C21H33NO5Si/c1-15-17(27-28(6,7)20(2,3)4)21(19(24)25-5,22-18(15)23)14-26-13-16-11-9-8-10-12-16/h8-12,15,17H,13-14H2,1-7H3,(H,22,23)/t15-,17+,21-/m1/s1. The minimum absolute atomic E-state index is 0.00998. The number of hydrogen-bond acceptors (Lipinski definition) is 5. The second-order valence-electron chi connectivity index (χ2n) is 9.02. The topological polar surface area (TPSA) is 73.9 Å². The molecule has 1 amide bonds. The normalized spacial score (nSPS) is 25.5. The number of hydrogen-bond donors (Lipinski definition) is 1. The molecule has 0 spiro atoms. The van der Waals surface area contributed by atoms with Crippen molar-refractivity contribution in [3.63, 3.8) is 0 Å². The Kier molecular flexibility index (Phi) is 6.73. The number of methoxy groups -OCH3 is 1. The van der Waals surface area contributed by atoms with Crippen LogP contribution in [0.15, 0.2) is 30.3 Å². The first-order valence-electron chi connectivity index (χ1n) is 9.64. The van der Waals surface area contributed by atoms with Gasteiger partial charge in [-0.3, -0.25) is 4.79 Å². The van der Waals surface area contributed by atoms with Crippen LogP contribution in [-0.4, -0.2) is 45.6 Å². The predicted molar refractivity (Wildman–Crippen MR) is 110 cm³/mol. The van der Waals surface area contributed by atoms with E-state index in [1.165, 1.54) is 7.11 Å². The molecular weight excluding hydrogens is 374 g/mol. The Balaban J connectivity index is 2.29. The van der Waals surface area contributed by atoms with Crippen LogP contribution >= 0.6 is 0 Å². The van der Waals surface area contributed by atoms with Crippen LogP contribution in [0.1, 0.15) is 33.3 Å². The molecule has 1 aromatic rings. The molecule has 6 nitrogen and oxygen atoms in total. The summed E-state index contributed by atoms with van der Waals surface area (Å²) in [6.07, 6.45) is -0.649. The van der Waals surface area contributed by atoms with Gasteiger partial charge in [-0.2, -0.15) is 0 Å². The fourth-order valence-corrected chi connectivity index (χ4v) is 4.49. The van der Waals surface area contributed by atoms with Crippen LogP contribution < -0.4 is 5.32 Å². The Bertz CT molecular complexity index is 700. The largest absolute Gasteiger partial charge is 0.467 e. The molecule has 1 N–H and O–H groups in total. The molecule has 0 unspecified atom stereocenters. The number of carbonyl (C=O) groups is 2. The summed E-state index contributed by atoms with van der Waals surface area (Å²) in [4.78, 5) is 25.4. The van der Waals surface area contributed by atoms with Gasteiger partial charge in [0.15, 0.2) is 13.9 Å². The first-order valence-corrected chi connectivity index (χ1v) is 12.6. The molecule has 0 radical (unpaired) electrons. The second-order valence-corrected chi connectivity index (χ2v) is 13.8. The molecule has 1 heterocycles. The van der Waals surface area contributed by atoms with Gasteiger partial charge in [-0.1, -0.05) is 58.0 Å². The van der Waals surface area contributed by atoms with Crippen molar-refractivity contribution in [1.29, 1.82) is 0 Å². The van der Waals surface area contributed by atoms with Gasteiger partial charge in [-0.25, -0.2) is 4.79 Å². The van der Waals surface area contributed by atoms with Crippen molar-refractivity contribution < 1.29 is 23.5 Å². The molecule has 2 rings (SSSR count). The van der Waals surface area contributed by atoms with Crippen LogP contribution in [0.3, 0.4) is 0 Å². The summed E-state index contributed by atoms with van der Waals surface area (Å²) in [7, 11) is -0.928. The third kappa shape index (κ3) is 4.47. The third-order valence-corrected chi connectivity index (χ3v) is 10.4. The Labute approximate surface area is 169 Å². The van der Waals surface area contributed by atoms with E-state index in [0.29, 0.717) is 6.61 Å². The highest BCUT2D eigenvalue weighted by molar-refractivity contribution is 6.74. The SMILES string of the molecule is COC(=O)[C@]1(COCc2ccccc2)NC(=O)[C@H](C)[C@@H]1O[Si](C)(C)C(C)(C)C. The molecule has 1 fully saturated rings. The van der Waals surface area contributed by atoms with Gasteiger partial charge in [0.25, 0.3) is 0 Å². The summed E-state index contributed by atoms with van der Waals surface area (Å²) in [5.74, 6) is -1.24. The fourth-order valence-electron chi connectivity index (χ4n) is 3.10. The van der Waals surface area contributed by atoms with Gasteiger partial charge < -0.3 is 19.2 Å². The molecule has 1 aromatic carbocycles. The van der Waals surface area contributed by atoms with Crippen molar-refractivity contribution in [2.45, 2.75) is 64.1 Å². The molecule has 1 aliphatic rings. The second kappa shape index (κ2) is 8.35. The smallest absolute Gasteiger partial charge is 0.336 e. The van der Waals surface area contributed by atoms with Gasteiger partial charge in [0, 0.05) is 0 Å². The van der Waals surface area contributed by atoms with Gasteiger partial charge in [-0.15, -0.1) is 0 Å². The lowest BCUT2D eigenvalue weighted by atomic mass is 9.90. The van der Waals surface area contributed by atoms with E-state index in [0.717, 1.165) is 5.56 Å². The molecular formula is C21H33NO5Si. The highest BCUT2D eigenvalue weighted by Gasteiger charge is 2.60. The first kappa shape index (κ1) is 22.6. The number of esters is 1. The molecule has 3 atom stereocenters. The minimum atomic E-state index is -2.25. The van der Waals surface area contributed by atoms with E-state index in [9.17, 15) is 9.59 Å². The van der Waals surface area contributed by atoms with E-state index >= 15 is 0 Å². The first-order chi connectivity index (χ1) is 12.9. The Morgan fingerprint density at radius 3 is 2.36 bits per heavy atom. The summed E-state index contributed by atoms with van der Waals surface area (Å²) in [5, 5.41) is 2.77. The van der Waals surface area contributed by atoms with E-state index in [4.69, 9.17) is 13.9 Å². The molecule has 1 aliphatic heterocycles. The van der Waals surface area contributed by atoms with Gasteiger partial charge in [0.1, 0.15) is 0 Å². The average molecular weight is 408 g/mol. The molecule has 7 heteroatoms. The fraction of sp³-hybridized carbons (Fsp3) is 0.619. The summed E-state index contributed by atoms with van der Waals surface area (Å²) in [5.41, 5.74) is -0.364. The third-order valence-electron chi connectivity index (χ3n) is 5.92. The zero-order chi connectivity index (χ0) is 21.2. The molecule has 0 aromatic heterocycles. The number of benzene rings is 1. The van der Waals surface area contributed by atoms with Gasteiger partial charge in [0.2, 0.25) is 5.91 Å². The molecule has 1 saturated heterocycles. The lowest BCUT2D eigenvalue weighted by molar-refractivity contribution is -0.156. The Hall–Kier alpha value is -1.70. The number of nitrogens with one attached hydrogen (secondary N) is 1. The predicted octanol–water partition coefficient (Wildman–Crippen LogP) is 3.27. The number of ether oxygens (including phenoxy) is 2. The quantitative estimate of drug-likeness (QED) is 0.555. The molecule has 28 heavy (non-hydrogen) atoms. The zero-order valence-corrected chi connectivity index (χ0v) is 19.0. The van der Waals surface area contributed by atoms with Crippen LogP contribution in [-0.2, 0) is 30.1 Å². The van der Waals surface area contributed by atoms with E-state index in [1.807, 2.05) is 30.3 Å². The van der Waals surface area contributed by atoms with Gasteiger partial charge in [-0.05, 0) is 23.7 Å². The van der Waals surface area contributed by atoms with Crippen LogP contribution in [0, 0.1) is 5.92 Å². The van der Waals surface area contributed by atoms with Crippen LogP contribution in [0.25, 0.3) is 0 Å². The van der Waals surface area contributed by atoms with Gasteiger partial charge >= 0.3 is 5.97 Å². The highest BCUT2D eigenvalue weighted by Crippen LogP contribution is 2.41. The van der Waals surface area contributed by atoms with Crippen LogP contribution in [0.4, 0.5) is 0 Å². The molecule has 0 aliphatic carbocycles. The van der Waals surface area contributed by atoms with Crippen molar-refractivity contribution >= 4 is 20.2 Å². The Morgan fingerprint density at radius 2 is 1.82 bits per heavy atom. The van der Waals surface area contributed by atoms with Crippen molar-refractivity contribution in [2.24, 2.45) is 5.92 Å². The van der Waals surface area contributed by atoms with Crippen LogP contribution in [0.2, 0.25) is 18.1 Å². The van der Waals surface area contributed by atoms with E-state index in [2.05, 4.69) is 39.2 Å². The van der Waals surface area contributed by atoms with Crippen molar-refractivity contribution in [1.82, 2.24) is 5.32 Å². The van der Waals surface area contributed by atoms with E-state index in [-0.39, 0.29) is 17.6 Å². The van der Waals surface area contributed by atoms with Crippen molar-refractivity contribution in [2.75, 3.05) is 13.7 Å². The monoisotopic (exact) mass is 407 g/mol. The summed E-state index contributed by atoms with van der Waals surface area (Å²) in [6, 6.07) is 9.69. The van der Waals surface area contributed by atoms with E-state index in [1.54, 1.807) is 6.92 Å². The summed E-state index contributed by atoms with van der Waals surface area (Å²) < 4.78 is 17.5. The maximum Gasteiger partial charge on any atom is 0.336 e. The van der Waals surface area contributed by atoms with Crippen molar-refractivity contribution in [3.05, 3.63) is 35.9 Å². The number of rotatable bonds is 7. The number of carbonyl (C=O) groups excluding carboxylic acids is 2. The molecule has 0 saturated carbocycles. The molecule has 156 valence electrons. The van der Waals surface area contributed by atoms with Crippen molar-refractivity contribution in [3.8, 4) is 0 Å². The lowest BCUT2D eigenvalue weighted by Crippen LogP contribution is -2.62. The Morgan fingerprint density at radius 1 is 1.21 bits per heavy atom. The maximum absolute atomic E-state index is 12.8. The van der Waals surface area contributed by atoms with Crippen LogP contribution in [0.5, 0.6) is 0 Å². The highest BCUT2D eigenvalue weighted by atomic mass is 28.4. The maximum atomic E-state index is 12.8. The summed E-state index contributed by atoms with van der Waals surface area (Å²) in [6.45, 7) is 12.7. The lowest BCUT2D eigenvalue weighted by Gasteiger charge is -2.43. The number of amides is 1. The van der Waals surface area contributed by atoms with Gasteiger partial charge in [0.05, 0.1) is 32.3 Å². The zero-order valence-electron chi connectivity index (χ0n) is 18.0. The average Bonchev–Trinajstić information content (AvgIpc) is 2.86.